The number of carbonyl (C=O) groups is 2. The van der Waals surface area contributed by atoms with Gasteiger partial charge in [-0.15, -0.1) is 13.2 Å². The molecule has 52 heavy (non-hydrogen) atoms. The normalized spacial score (nSPS) is 14.6. The number of aromatic nitrogens is 5. The third kappa shape index (κ3) is 11.0. The lowest BCUT2D eigenvalue weighted by Crippen LogP contribution is -2.46. The van der Waals surface area contributed by atoms with E-state index in [9.17, 15) is 31.5 Å². The minimum absolute atomic E-state index is 0.0788. The van der Waals surface area contributed by atoms with E-state index in [-0.39, 0.29) is 22.8 Å². The van der Waals surface area contributed by atoms with Crippen LogP contribution < -0.4 is 15.8 Å². The second kappa shape index (κ2) is 15.8. The molecule has 2 amide bonds. The van der Waals surface area contributed by atoms with Gasteiger partial charge in [0.2, 0.25) is 0 Å². The van der Waals surface area contributed by atoms with Crippen molar-refractivity contribution in [3.05, 3.63) is 78.6 Å². The molecule has 0 bridgehead atoms. The van der Waals surface area contributed by atoms with Gasteiger partial charge in [0.05, 0.1) is 12.2 Å². The summed E-state index contributed by atoms with van der Waals surface area (Å²) in [6.07, 6.45) is 0.311. The van der Waals surface area contributed by atoms with Gasteiger partial charge in [-0.05, 0) is 60.6 Å². The van der Waals surface area contributed by atoms with E-state index in [2.05, 4.69) is 57.9 Å². The molecule has 18 heteroatoms. The lowest BCUT2D eigenvalue weighted by molar-refractivity contribution is -0.274. The molecule has 280 valence electrons. The lowest BCUT2D eigenvalue weighted by atomic mass is 10.0. The first-order valence-electron chi connectivity index (χ1n) is 15.9. The van der Waals surface area contributed by atoms with Crippen molar-refractivity contribution in [3.8, 4) is 22.6 Å². The number of benzene rings is 2. The molecule has 4 aromatic rings. The molecule has 1 unspecified atom stereocenters. The highest BCUT2D eigenvalue weighted by atomic mass is 19.4. The van der Waals surface area contributed by atoms with Crippen LogP contribution in [0.3, 0.4) is 0 Å². The minimum atomic E-state index is -5.04. The highest BCUT2D eigenvalue weighted by molar-refractivity contribution is 6.06. The zero-order valence-electron chi connectivity index (χ0n) is 29.4. The molecule has 2 heterocycles. The number of nitrogens with one attached hydrogen (secondary N) is 1. The Kier molecular flexibility index (Phi) is 11.9. The quantitative estimate of drug-likeness (QED) is 0.102. The first-order valence-corrected chi connectivity index (χ1v) is 15.9. The Bertz CT molecular complexity index is 1840. The molecule has 0 radical (unpaired) electrons. The zero-order valence-corrected chi connectivity index (χ0v) is 29.4. The fourth-order valence-electron chi connectivity index (χ4n) is 4.58. The zero-order chi connectivity index (χ0) is 38.4. The molecule has 1 atom stereocenters. The maximum absolute atomic E-state index is 14.0. The van der Waals surface area contributed by atoms with Crippen LogP contribution in [0.1, 0.15) is 76.0 Å². The second-order valence-corrected chi connectivity index (χ2v) is 13.7. The molecular weight excluding hydrogens is 693 g/mol. The van der Waals surface area contributed by atoms with E-state index >= 15 is 0 Å². The third-order valence-corrected chi connectivity index (χ3v) is 7.31. The summed E-state index contributed by atoms with van der Waals surface area (Å²) in [5.74, 6) is -1.64. The number of hydrogen-bond donors (Lipinski definition) is 2. The summed E-state index contributed by atoms with van der Waals surface area (Å²) in [6, 6.07) is 8.18. The first-order chi connectivity index (χ1) is 24.3. The molecule has 0 spiro atoms. The van der Waals surface area contributed by atoms with Gasteiger partial charge >= 0.3 is 19.0 Å². The van der Waals surface area contributed by atoms with Crippen LogP contribution in [0.2, 0.25) is 0 Å². The van der Waals surface area contributed by atoms with Crippen LogP contribution in [0.4, 0.5) is 26.7 Å². The van der Waals surface area contributed by atoms with Crippen LogP contribution in [-0.4, -0.2) is 73.0 Å². The molecule has 1 aliphatic carbocycles. The number of amides is 2. The Labute approximate surface area is 296 Å². The summed E-state index contributed by atoms with van der Waals surface area (Å²) < 4.78 is 77.0. The van der Waals surface area contributed by atoms with Gasteiger partial charge in [0.25, 0.3) is 5.91 Å². The van der Waals surface area contributed by atoms with Crippen LogP contribution in [0.15, 0.2) is 72.5 Å². The topological polar surface area (TPSA) is 155 Å². The number of carbonyl (C=O) groups excluding carboxylic acids is 2. The summed E-state index contributed by atoms with van der Waals surface area (Å²) in [6.45, 7) is 7.25. The van der Waals surface area contributed by atoms with Gasteiger partial charge in [-0.1, -0.05) is 45.9 Å². The van der Waals surface area contributed by atoms with E-state index in [0.29, 0.717) is 21.2 Å². The standard InChI is InChI=1S/C29H28F5N9O4.C5H12/c1-28(9-10-28)40-27(45)46-14-22(19-7-8-23(47-29(32,33)34)21(11-19)42-16-37-15-39-42)43(26(35)36-2)24(44)18-5-3-17(4-6-18)20-12-38-41(13-20)25(30)31;1-5(2,3)4/h3-8,11-13,15-16,22,25H,9-10,14H2,1-2H3,(H2,35,36)(H,40,45);1-4H3. The summed E-state index contributed by atoms with van der Waals surface area (Å²) in [5.41, 5.74) is 7.21. The SMILES string of the molecule is CC(C)(C)C.CN=C(N)N(C(=O)c1ccc(-c2cnn(C(F)F)c2)cc1)C(COC(=O)NC1(C)CC1)c1ccc(OC(F)(F)F)c(-n2cncn2)c1. The number of aliphatic imine (C=N–C) groups is 1. The number of hydrogen-bond acceptors (Lipinski definition) is 8. The summed E-state index contributed by atoms with van der Waals surface area (Å²) in [4.78, 5) is 35.5. The van der Waals surface area contributed by atoms with Gasteiger partial charge in [-0.25, -0.2) is 19.1 Å². The molecule has 0 saturated heterocycles. The number of nitrogens with two attached hydrogens (primary N) is 1. The maximum atomic E-state index is 14.0. The van der Waals surface area contributed by atoms with E-state index in [1.807, 2.05) is 6.92 Å². The van der Waals surface area contributed by atoms with E-state index in [1.165, 1.54) is 49.6 Å². The Morgan fingerprint density at radius 3 is 2.23 bits per heavy atom. The molecule has 13 nitrogen and oxygen atoms in total. The molecule has 2 aromatic carbocycles. The van der Waals surface area contributed by atoms with Crippen molar-refractivity contribution in [3.63, 3.8) is 0 Å². The fraction of sp³-hybridized carbons (Fsp3) is 0.412. The highest BCUT2D eigenvalue weighted by Crippen LogP contribution is 2.36. The third-order valence-electron chi connectivity index (χ3n) is 7.31. The van der Waals surface area contributed by atoms with Crippen molar-refractivity contribution >= 4 is 18.0 Å². The molecule has 1 fully saturated rings. The first kappa shape index (κ1) is 39.2. The monoisotopic (exact) mass is 733 g/mol. The molecule has 3 N–H and O–H groups in total. The second-order valence-electron chi connectivity index (χ2n) is 13.7. The van der Waals surface area contributed by atoms with Crippen molar-refractivity contribution in [2.24, 2.45) is 16.1 Å². The Balaban J connectivity index is 0.00000113. The predicted molar refractivity (Wildman–Crippen MR) is 181 cm³/mol. The number of guanidine groups is 1. The summed E-state index contributed by atoms with van der Waals surface area (Å²) in [7, 11) is 1.32. The Hall–Kier alpha value is -5.55. The molecule has 1 saturated carbocycles. The minimum Gasteiger partial charge on any atom is -0.447 e. The number of nitrogens with zero attached hydrogens (tertiary/aromatic N) is 7. The number of halogens is 5. The molecule has 2 aromatic heterocycles. The predicted octanol–water partition coefficient (Wildman–Crippen LogP) is 6.88. The Morgan fingerprint density at radius 2 is 1.71 bits per heavy atom. The van der Waals surface area contributed by atoms with Crippen molar-refractivity contribution in [1.29, 1.82) is 0 Å². The molecule has 5 rings (SSSR count). The average Bonchev–Trinajstić information content (AvgIpc) is 3.43. The highest BCUT2D eigenvalue weighted by Gasteiger charge is 2.40. The van der Waals surface area contributed by atoms with Gasteiger partial charge in [0, 0.05) is 29.9 Å². The van der Waals surface area contributed by atoms with Gasteiger partial charge in [-0.3, -0.25) is 14.7 Å². The van der Waals surface area contributed by atoms with E-state index in [0.717, 1.165) is 47.3 Å². The van der Waals surface area contributed by atoms with E-state index in [1.54, 1.807) is 0 Å². The van der Waals surface area contributed by atoms with Crippen molar-refractivity contribution in [2.75, 3.05) is 13.7 Å². The largest absolute Gasteiger partial charge is 0.573 e. The van der Waals surface area contributed by atoms with Gasteiger partial charge in [0.1, 0.15) is 24.9 Å². The van der Waals surface area contributed by atoms with Crippen molar-refractivity contribution in [2.45, 2.75) is 72.0 Å². The van der Waals surface area contributed by atoms with Gasteiger partial charge in [-0.2, -0.15) is 19.0 Å². The average molecular weight is 734 g/mol. The van der Waals surface area contributed by atoms with Crippen LogP contribution in [0.5, 0.6) is 5.75 Å². The fourth-order valence-corrected chi connectivity index (χ4v) is 4.58. The van der Waals surface area contributed by atoms with Gasteiger partial charge in [0.15, 0.2) is 11.7 Å². The maximum Gasteiger partial charge on any atom is 0.573 e. The number of rotatable bonds is 10. The van der Waals surface area contributed by atoms with E-state index in [4.69, 9.17) is 10.5 Å². The van der Waals surface area contributed by atoms with E-state index < -0.39 is 48.8 Å². The van der Waals surface area contributed by atoms with Gasteiger partial charge < -0.3 is 20.5 Å². The van der Waals surface area contributed by atoms with Crippen LogP contribution in [0, 0.1) is 5.41 Å². The molecule has 1 aliphatic rings. The summed E-state index contributed by atoms with van der Waals surface area (Å²) >= 11 is 0. The van der Waals surface area contributed by atoms with Crippen molar-refractivity contribution < 1.29 is 41.0 Å². The van der Waals surface area contributed by atoms with Crippen LogP contribution in [-0.2, 0) is 4.74 Å². The summed E-state index contributed by atoms with van der Waals surface area (Å²) in [5, 5.41) is 10.3. The Morgan fingerprint density at radius 1 is 1.06 bits per heavy atom. The molecular formula is C34H40F5N9O4. The van der Waals surface area contributed by atoms with Crippen LogP contribution >= 0.6 is 0 Å². The number of alkyl carbamates (subject to hydrolysis) is 1. The smallest absolute Gasteiger partial charge is 0.447 e. The number of alkyl halides is 5. The molecule has 0 aliphatic heterocycles. The van der Waals surface area contributed by atoms with Crippen molar-refractivity contribution in [1.82, 2.24) is 34.8 Å². The number of ether oxygens (including phenoxy) is 2. The lowest BCUT2D eigenvalue weighted by Gasteiger charge is -2.31. The van der Waals surface area contributed by atoms with Crippen LogP contribution in [0.25, 0.3) is 16.8 Å².